The number of aromatic nitrogens is 2. The Labute approximate surface area is 140 Å². The molecule has 7 heteroatoms. The Morgan fingerprint density at radius 1 is 1.50 bits per heavy atom. The second-order valence-corrected chi connectivity index (χ2v) is 6.08. The maximum absolute atomic E-state index is 12.9. The Bertz CT molecular complexity index is 735. The summed E-state index contributed by atoms with van der Waals surface area (Å²) < 4.78 is 7.11. The highest BCUT2D eigenvalue weighted by atomic mass is 16.3. The molecule has 0 spiro atoms. The molecule has 0 unspecified atom stereocenters. The van der Waals surface area contributed by atoms with Gasteiger partial charge >= 0.3 is 0 Å². The van der Waals surface area contributed by atoms with E-state index < -0.39 is 6.04 Å². The molecular weight excluding hydrogens is 308 g/mol. The molecule has 0 radical (unpaired) electrons. The minimum atomic E-state index is -0.535. The van der Waals surface area contributed by atoms with Crippen molar-refractivity contribution in [1.82, 2.24) is 14.7 Å². The van der Waals surface area contributed by atoms with E-state index >= 15 is 0 Å². The van der Waals surface area contributed by atoms with Gasteiger partial charge in [-0.2, -0.15) is 5.10 Å². The molecule has 2 aromatic rings. The summed E-state index contributed by atoms with van der Waals surface area (Å²) in [4.78, 5) is 28.6. The van der Waals surface area contributed by atoms with Gasteiger partial charge in [0.1, 0.15) is 17.6 Å². The van der Waals surface area contributed by atoms with E-state index in [0.29, 0.717) is 37.5 Å². The quantitative estimate of drug-likeness (QED) is 0.840. The van der Waals surface area contributed by atoms with E-state index in [0.717, 1.165) is 5.69 Å². The molecule has 3 heterocycles. The molecule has 1 aliphatic rings. The summed E-state index contributed by atoms with van der Waals surface area (Å²) in [5, 5.41) is 4.40. The Balaban J connectivity index is 1.84. The number of hydrogen-bond acceptors (Lipinski definition) is 4. The van der Waals surface area contributed by atoms with Crippen molar-refractivity contribution in [3.63, 3.8) is 0 Å². The smallest absolute Gasteiger partial charge is 0.245 e. The number of fused-ring (bicyclic) bond motifs is 1. The number of likely N-dealkylation sites (N-methyl/N-ethyl adjacent to an activating group) is 1. The number of aryl methyl sites for hydroxylation is 2. The molecule has 3 rings (SSSR count). The number of amides is 2. The van der Waals surface area contributed by atoms with Gasteiger partial charge in [-0.3, -0.25) is 14.5 Å². The van der Waals surface area contributed by atoms with E-state index in [9.17, 15) is 9.59 Å². The first-order valence-corrected chi connectivity index (χ1v) is 8.15. The average Bonchev–Trinajstić information content (AvgIpc) is 3.18. The first kappa shape index (κ1) is 16.3. The molecule has 7 nitrogen and oxygen atoms in total. The zero-order valence-corrected chi connectivity index (χ0v) is 14.2. The van der Waals surface area contributed by atoms with Crippen molar-refractivity contribution in [3.8, 4) is 0 Å². The third-order valence-electron chi connectivity index (χ3n) is 4.27. The number of hydrogen-bond donors (Lipinski definition) is 0. The Morgan fingerprint density at radius 3 is 2.96 bits per heavy atom. The fourth-order valence-corrected chi connectivity index (χ4v) is 3.11. The highest BCUT2D eigenvalue weighted by Gasteiger charge is 2.36. The van der Waals surface area contributed by atoms with E-state index in [1.807, 2.05) is 26.0 Å². The second kappa shape index (κ2) is 6.51. The number of carbonyl (C=O) groups is 2. The van der Waals surface area contributed by atoms with Crippen LogP contribution in [-0.2, 0) is 22.7 Å². The lowest BCUT2D eigenvalue weighted by molar-refractivity contribution is -0.134. The Morgan fingerprint density at radius 2 is 2.29 bits per heavy atom. The van der Waals surface area contributed by atoms with Crippen molar-refractivity contribution < 1.29 is 14.0 Å². The van der Waals surface area contributed by atoms with Gasteiger partial charge in [0.15, 0.2) is 0 Å². The van der Waals surface area contributed by atoms with Gasteiger partial charge in [0, 0.05) is 19.5 Å². The molecule has 0 saturated heterocycles. The molecule has 24 heavy (non-hydrogen) atoms. The average molecular weight is 330 g/mol. The number of nitrogens with zero attached hydrogens (tertiary/aromatic N) is 4. The topological polar surface area (TPSA) is 71.6 Å². The Kier molecular flexibility index (Phi) is 4.42. The fraction of sp³-hybridized carbons (Fsp3) is 0.471. The lowest BCUT2D eigenvalue weighted by atomic mass is 10.1. The second-order valence-electron chi connectivity index (χ2n) is 6.08. The van der Waals surface area contributed by atoms with Gasteiger partial charge in [0.25, 0.3) is 0 Å². The minimum Gasteiger partial charge on any atom is -0.467 e. The molecule has 1 atom stereocenters. The maximum Gasteiger partial charge on any atom is 0.245 e. The van der Waals surface area contributed by atoms with Crippen LogP contribution in [0.4, 0.5) is 5.82 Å². The van der Waals surface area contributed by atoms with Crippen molar-refractivity contribution in [1.29, 1.82) is 0 Å². The molecule has 0 aromatic carbocycles. The number of carbonyl (C=O) groups excluding carboxylic acids is 2. The summed E-state index contributed by atoms with van der Waals surface area (Å²) >= 11 is 0. The van der Waals surface area contributed by atoms with Crippen LogP contribution in [-0.4, -0.2) is 39.6 Å². The van der Waals surface area contributed by atoms with Gasteiger partial charge in [-0.05, 0) is 25.5 Å². The molecule has 0 bridgehead atoms. The molecule has 1 aliphatic heterocycles. The van der Waals surface area contributed by atoms with Crippen LogP contribution in [0.5, 0.6) is 0 Å². The summed E-state index contributed by atoms with van der Waals surface area (Å²) in [6.07, 6.45) is 2.48. The summed E-state index contributed by atoms with van der Waals surface area (Å²) in [7, 11) is 1.73. The van der Waals surface area contributed by atoms with Crippen LogP contribution in [0, 0.1) is 6.92 Å². The van der Waals surface area contributed by atoms with Gasteiger partial charge < -0.3 is 9.32 Å². The summed E-state index contributed by atoms with van der Waals surface area (Å²) in [5.41, 5.74) is 0.843. The molecule has 0 fully saturated rings. The summed E-state index contributed by atoms with van der Waals surface area (Å²) in [6.45, 7) is 4.74. The van der Waals surface area contributed by atoms with Crippen LogP contribution >= 0.6 is 0 Å². The van der Waals surface area contributed by atoms with Crippen LogP contribution in [0.25, 0.3) is 0 Å². The highest BCUT2D eigenvalue weighted by Crippen LogP contribution is 2.26. The standard InChI is InChI=1S/C17H22N4O3/c1-4-14(17(23)19(3)11-13-6-5-9-24-13)21-15-10-12(2)18-20(15)8-7-16(21)22/h5-6,9-10,14H,4,7-8,11H2,1-3H3/t14-/m0/s1. The number of furan rings is 1. The lowest BCUT2D eigenvalue weighted by Crippen LogP contribution is -2.52. The van der Waals surface area contributed by atoms with E-state index in [1.165, 1.54) is 0 Å². The molecule has 0 saturated carbocycles. The zero-order chi connectivity index (χ0) is 17.3. The van der Waals surface area contributed by atoms with Gasteiger partial charge in [0.05, 0.1) is 25.0 Å². The van der Waals surface area contributed by atoms with Crippen molar-refractivity contribution in [2.75, 3.05) is 11.9 Å². The molecule has 0 N–H and O–H groups in total. The van der Waals surface area contributed by atoms with Crippen LogP contribution in [0.15, 0.2) is 28.9 Å². The summed E-state index contributed by atoms with van der Waals surface area (Å²) in [5.74, 6) is 1.28. The zero-order valence-electron chi connectivity index (χ0n) is 14.2. The van der Waals surface area contributed by atoms with Crippen molar-refractivity contribution in [2.24, 2.45) is 0 Å². The molecular formula is C17H22N4O3. The van der Waals surface area contributed by atoms with Gasteiger partial charge in [-0.15, -0.1) is 0 Å². The molecule has 2 amide bonds. The van der Waals surface area contributed by atoms with Crippen molar-refractivity contribution in [2.45, 2.75) is 45.8 Å². The van der Waals surface area contributed by atoms with E-state index in [4.69, 9.17) is 4.42 Å². The number of anilines is 1. The van der Waals surface area contributed by atoms with Gasteiger partial charge in [-0.1, -0.05) is 6.92 Å². The van der Waals surface area contributed by atoms with Crippen LogP contribution in [0.2, 0.25) is 0 Å². The van der Waals surface area contributed by atoms with Crippen molar-refractivity contribution >= 4 is 17.6 Å². The first-order valence-electron chi connectivity index (χ1n) is 8.15. The SMILES string of the molecule is CC[C@@H](C(=O)N(C)Cc1ccco1)N1C(=O)CCn2nc(C)cc21. The van der Waals surface area contributed by atoms with E-state index in [2.05, 4.69) is 5.10 Å². The predicted octanol–water partition coefficient (Wildman–Crippen LogP) is 1.96. The largest absolute Gasteiger partial charge is 0.467 e. The van der Waals surface area contributed by atoms with E-state index in [1.54, 1.807) is 33.9 Å². The molecule has 0 aliphatic carbocycles. The monoisotopic (exact) mass is 330 g/mol. The number of rotatable bonds is 5. The van der Waals surface area contributed by atoms with Crippen molar-refractivity contribution in [3.05, 3.63) is 35.9 Å². The van der Waals surface area contributed by atoms with Gasteiger partial charge in [-0.25, -0.2) is 4.68 Å². The van der Waals surface area contributed by atoms with E-state index in [-0.39, 0.29) is 11.8 Å². The van der Waals surface area contributed by atoms with Crippen LogP contribution < -0.4 is 4.90 Å². The Hall–Kier alpha value is -2.57. The lowest BCUT2D eigenvalue weighted by Gasteiger charge is -2.35. The molecule has 128 valence electrons. The van der Waals surface area contributed by atoms with Crippen LogP contribution in [0.3, 0.4) is 0 Å². The summed E-state index contributed by atoms with van der Waals surface area (Å²) in [6, 6.07) is 4.95. The van der Waals surface area contributed by atoms with Gasteiger partial charge in [0.2, 0.25) is 11.8 Å². The third-order valence-corrected chi connectivity index (χ3v) is 4.27. The highest BCUT2D eigenvalue weighted by molar-refractivity contribution is 6.00. The normalized spacial score (nSPS) is 15.3. The first-order chi connectivity index (χ1) is 11.5. The maximum atomic E-state index is 12.9. The van der Waals surface area contributed by atoms with Crippen LogP contribution in [0.1, 0.15) is 31.2 Å². The third kappa shape index (κ3) is 2.93. The predicted molar refractivity (Wildman–Crippen MR) is 88.3 cm³/mol. The molecule has 2 aromatic heterocycles. The minimum absolute atomic E-state index is 0.0333. The fourth-order valence-electron chi connectivity index (χ4n) is 3.11.